The topological polar surface area (TPSA) is 130 Å². The molecule has 0 spiro atoms. The van der Waals surface area contributed by atoms with Gasteiger partial charge in [0.2, 0.25) is 0 Å². The van der Waals surface area contributed by atoms with Crippen LogP contribution < -0.4 is 5.73 Å². The predicted molar refractivity (Wildman–Crippen MR) is 177 cm³/mol. The highest BCUT2D eigenvalue weighted by Crippen LogP contribution is 2.32. The molecule has 10 heteroatoms. The Kier molecular flexibility index (Phi) is 7.69. The number of carbonyl (C=O) groups is 2. The van der Waals surface area contributed by atoms with Gasteiger partial charge in [-0.3, -0.25) is 19.1 Å². The Labute approximate surface area is 265 Å². The molecular weight excluding hydrogens is 578 g/mol. The molecule has 0 atom stereocenters. The van der Waals surface area contributed by atoms with Crippen LogP contribution in [-0.4, -0.2) is 72.8 Å². The lowest BCUT2D eigenvalue weighted by atomic mass is 10.1. The van der Waals surface area contributed by atoms with E-state index < -0.39 is 0 Å². The van der Waals surface area contributed by atoms with Crippen molar-refractivity contribution in [3.8, 4) is 34.1 Å². The van der Waals surface area contributed by atoms with Gasteiger partial charge < -0.3 is 15.7 Å². The average Bonchev–Trinajstić information content (AvgIpc) is 3.48. The maximum absolute atomic E-state index is 13.0. The number of aromatic hydroxyl groups is 1. The average molecular weight is 610 g/mol. The number of amides is 1. The maximum Gasteiger partial charge on any atom is 0.253 e. The molecule has 1 fully saturated rings. The number of phenols is 1. The first-order valence-corrected chi connectivity index (χ1v) is 15.0. The highest BCUT2D eigenvalue weighted by molar-refractivity contribution is 5.96. The van der Waals surface area contributed by atoms with Crippen molar-refractivity contribution < 1.29 is 14.7 Å². The quantitative estimate of drug-likeness (QED) is 0.236. The van der Waals surface area contributed by atoms with Crippen LogP contribution in [-0.2, 0) is 6.54 Å². The molecule has 1 aliphatic heterocycles. The summed E-state index contributed by atoms with van der Waals surface area (Å²) in [6, 6.07) is 30.5. The molecule has 10 nitrogen and oxygen atoms in total. The number of benzene rings is 3. The smallest absolute Gasteiger partial charge is 0.253 e. The first-order valence-electron chi connectivity index (χ1n) is 15.0. The molecule has 0 radical (unpaired) electrons. The van der Waals surface area contributed by atoms with Crippen molar-refractivity contribution in [2.24, 2.45) is 0 Å². The number of imidazole rings is 1. The summed E-state index contributed by atoms with van der Waals surface area (Å²) in [4.78, 5) is 42.6. The number of nitrogen functional groups attached to an aromatic ring is 1. The number of nitrogens with zero attached hydrogens (tertiary/aromatic N) is 6. The van der Waals surface area contributed by atoms with Gasteiger partial charge >= 0.3 is 0 Å². The number of aromatic nitrogens is 4. The number of piperazine rings is 1. The van der Waals surface area contributed by atoms with Gasteiger partial charge in [-0.2, -0.15) is 0 Å². The van der Waals surface area contributed by atoms with Crippen LogP contribution in [0.3, 0.4) is 0 Å². The van der Waals surface area contributed by atoms with Gasteiger partial charge in [-0.1, -0.05) is 42.5 Å². The van der Waals surface area contributed by atoms with E-state index in [-0.39, 0.29) is 17.2 Å². The molecule has 3 N–H and O–H groups in total. The van der Waals surface area contributed by atoms with E-state index in [4.69, 9.17) is 15.7 Å². The molecule has 1 amide bonds. The zero-order chi connectivity index (χ0) is 31.6. The van der Waals surface area contributed by atoms with Crippen LogP contribution in [0.5, 0.6) is 5.75 Å². The lowest BCUT2D eigenvalue weighted by Crippen LogP contribution is -2.48. The third-order valence-corrected chi connectivity index (χ3v) is 8.32. The van der Waals surface area contributed by atoms with Gasteiger partial charge in [0, 0.05) is 55.7 Å². The number of rotatable bonds is 7. The molecule has 0 saturated carbocycles. The summed E-state index contributed by atoms with van der Waals surface area (Å²) < 4.78 is 2.03. The van der Waals surface area contributed by atoms with Crippen molar-refractivity contribution in [1.82, 2.24) is 29.3 Å². The number of aldehydes is 1. The fourth-order valence-electron chi connectivity index (χ4n) is 5.84. The van der Waals surface area contributed by atoms with Crippen molar-refractivity contribution in [1.29, 1.82) is 0 Å². The van der Waals surface area contributed by atoms with Crippen molar-refractivity contribution in [2.75, 3.05) is 31.9 Å². The molecule has 0 aliphatic carbocycles. The van der Waals surface area contributed by atoms with E-state index in [0.29, 0.717) is 36.6 Å². The summed E-state index contributed by atoms with van der Waals surface area (Å²) in [6.45, 7) is 3.31. The van der Waals surface area contributed by atoms with Crippen LogP contribution in [0.1, 0.15) is 26.3 Å². The van der Waals surface area contributed by atoms with Crippen LogP contribution in [0, 0.1) is 0 Å². The Morgan fingerprint density at radius 1 is 0.870 bits per heavy atom. The number of anilines is 1. The van der Waals surface area contributed by atoms with Gasteiger partial charge in [-0.05, 0) is 60.2 Å². The van der Waals surface area contributed by atoms with Gasteiger partial charge in [0.1, 0.15) is 17.1 Å². The summed E-state index contributed by atoms with van der Waals surface area (Å²) in [5.74, 6) is 0.787. The number of carbonyl (C=O) groups excluding carboxylic acids is 2. The second kappa shape index (κ2) is 12.3. The zero-order valence-corrected chi connectivity index (χ0v) is 25.0. The van der Waals surface area contributed by atoms with Gasteiger partial charge in [0.05, 0.1) is 16.8 Å². The van der Waals surface area contributed by atoms with E-state index in [9.17, 15) is 14.7 Å². The summed E-state index contributed by atoms with van der Waals surface area (Å²) in [5, 5.41) is 9.77. The summed E-state index contributed by atoms with van der Waals surface area (Å²) in [6.07, 6.45) is 2.22. The SMILES string of the molecule is Nc1ncccc1-c1nc2ccc(-c3ccccc3)nc2n1-c1ccc(CN2CCN(C(=O)c3ccc(O)c(C=O)c3)CC2)cc1. The van der Waals surface area contributed by atoms with Gasteiger partial charge in [0.15, 0.2) is 17.8 Å². The van der Waals surface area contributed by atoms with Crippen LogP contribution in [0.25, 0.3) is 39.5 Å². The van der Waals surface area contributed by atoms with Crippen LogP contribution >= 0.6 is 0 Å². The molecule has 3 aromatic carbocycles. The minimum Gasteiger partial charge on any atom is -0.507 e. The third-order valence-electron chi connectivity index (χ3n) is 8.32. The fourth-order valence-corrected chi connectivity index (χ4v) is 5.84. The second-order valence-corrected chi connectivity index (χ2v) is 11.2. The van der Waals surface area contributed by atoms with E-state index in [1.165, 1.54) is 12.1 Å². The number of pyridine rings is 2. The van der Waals surface area contributed by atoms with Crippen molar-refractivity contribution in [3.05, 3.63) is 120 Å². The lowest BCUT2D eigenvalue weighted by molar-refractivity contribution is 0.0628. The number of hydrogen-bond acceptors (Lipinski definition) is 8. The minimum atomic E-state index is -0.145. The van der Waals surface area contributed by atoms with Crippen LogP contribution in [0.2, 0.25) is 0 Å². The molecule has 46 heavy (non-hydrogen) atoms. The molecular formula is C36H31N7O3. The highest BCUT2D eigenvalue weighted by Gasteiger charge is 2.23. The van der Waals surface area contributed by atoms with Gasteiger partial charge in [0.25, 0.3) is 5.91 Å². The first-order chi connectivity index (χ1) is 22.5. The van der Waals surface area contributed by atoms with Gasteiger partial charge in [-0.25, -0.2) is 15.0 Å². The zero-order valence-electron chi connectivity index (χ0n) is 25.0. The van der Waals surface area contributed by atoms with E-state index in [1.54, 1.807) is 17.2 Å². The van der Waals surface area contributed by atoms with E-state index in [2.05, 4.69) is 34.1 Å². The highest BCUT2D eigenvalue weighted by atomic mass is 16.3. The van der Waals surface area contributed by atoms with Crippen LogP contribution in [0.4, 0.5) is 5.82 Å². The van der Waals surface area contributed by atoms with Crippen molar-refractivity contribution in [3.63, 3.8) is 0 Å². The van der Waals surface area contributed by atoms with E-state index in [0.717, 1.165) is 58.9 Å². The Morgan fingerprint density at radius 2 is 1.65 bits per heavy atom. The molecule has 7 rings (SSSR count). The van der Waals surface area contributed by atoms with E-state index in [1.807, 2.05) is 59.2 Å². The Hall–Kier alpha value is -5.87. The molecule has 1 saturated heterocycles. The molecule has 0 bridgehead atoms. The molecule has 228 valence electrons. The Balaban J connectivity index is 1.12. The Bertz CT molecular complexity index is 2050. The number of nitrogens with two attached hydrogens (primary N) is 1. The minimum absolute atomic E-state index is 0.111. The standard InChI is InChI=1S/C36H31N7O3/c37-33-29(7-4-16-38-33)34-40-31-14-13-30(25-5-2-1-3-6-25)39-35(31)43(34)28-11-8-24(9-12-28)22-41-17-19-42(20-18-41)36(46)26-10-15-32(45)27(21-26)23-44/h1-16,21,23,45H,17-20,22H2,(H2,37,38). The number of phenolic OH excluding ortho intramolecular Hbond substituents is 1. The lowest BCUT2D eigenvalue weighted by Gasteiger charge is -2.35. The predicted octanol–water partition coefficient (Wildman–Crippen LogP) is 5.21. The monoisotopic (exact) mass is 609 g/mol. The fraction of sp³-hybridized carbons (Fsp3) is 0.139. The van der Waals surface area contributed by atoms with Gasteiger partial charge in [-0.15, -0.1) is 0 Å². The molecule has 6 aromatic rings. The maximum atomic E-state index is 13.0. The summed E-state index contributed by atoms with van der Waals surface area (Å²) in [7, 11) is 0. The van der Waals surface area contributed by atoms with Crippen LogP contribution in [0.15, 0.2) is 103 Å². The largest absolute Gasteiger partial charge is 0.507 e. The normalized spacial score (nSPS) is 13.6. The molecule has 1 aliphatic rings. The first kappa shape index (κ1) is 28.9. The van der Waals surface area contributed by atoms with Crippen molar-refractivity contribution in [2.45, 2.75) is 6.54 Å². The molecule has 4 heterocycles. The summed E-state index contributed by atoms with van der Waals surface area (Å²) >= 11 is 0. The Morgan fingerprint density at radius 3 is 2.39 bits per heavy atom. The molecule has 3 aromatic heterocycles. The van der Waals surface area contributed by atoms with Crippen molar-refractivity contribution >= 4 is 29.2 Å². The summed E-state index contributed by atoms with van der Waals surface area (Å²) in [5.41, 5.74) is 12.9. The third kappa shape index (κ3) is 5.57. The number of hydrogen-bond donors (Lipinski definition) is 2. The second-order valence-electron chi connectivity index (χ2n) is 11.2. The number of fused-ring (bicyclic) bond motifs is 1. The van der Waals surface area contributed by atoms with E-state index >= 15 is 0 Å². The molecule has 0 unspecified atom stereocenters.